The molecule has 2 aromatic rings. The molecule has 7 heteroatoms. The van der Waals surface area contributed by atoms with Gasteiger partial charge in [0.15, 0.2) is 0 Å². The Balaban J connectivity index is 1.67. The molecule has 0 aliphatic carbocycles. The van der Waals surface area contributed by atoms with Gasteiger partial charge in [0.1, 0.15) is 23.7 Å². The molecule has 2 N–H and O–H groups in total. The second-order valence-corrected chi connectivity index (χ2v) is 5.31. The Labute approximate surface area is 123 Å². The number of anilines is 1. The summed E-state index contributed by atoms with van der Waals surface area (Å²) in [5.41, 5.74) is 8.49. The van der Waals surface area contributed by atoms with Crippen molar-refractivity contribution in [2.75, 3.05) is 18.0 Å². The number of aryl methyl sites for hydroxylation is 1. The SMILES string of the molecule is Cc1nonc1COc1cncc(N2CCCC(N)C2)c1. The molecule has 0 spiro atoms. The number of hydrogen-bond acceptors (Lipinski definition) is 7. The quantitative estimate of drug-likeness (QED) is 0.906. The maximum absolute atomic E-state index is 6.02. The lowest BCUT2D eigenvalue weighted by atomic mass is 10.1. The highest BCUT2D eigenvalue weighted by atomic mass is 16.6. The highest BCUT2D eigenvalue weighted by Gasteiger charge is 2.17. The molecule has 0 saturated carbocycles. The molecule has 0 aromatic carbocycles. The van der Waals surface area contributed by atoms with Crippen LogP contribution in [0.15, 0.2) is 23.1 Å². The van der Waals surface area contributed by atoms with Crippen LogP contribution in [0.1, 0.15) is 24.2 Å². The largest absolute Gasteiger partial charge is 0.485 e. The van der Waals surface area contributed by atoms with Crippen molar-refractivity contribution < 1.29 is 9.37 Å². The summed E-state index contributed by atoms with van der Waals surface area (Å²) in [7, 11) is 0. The molecule has 1 unspecified atom stereocenters. The van der Waals surface area contributed by atoms with E-state index in [-0.39, 0.29) is 6.04 Å². The summed E-state index contributed by atoms with van der Waals surface area (Å²) < 4.78 is 10.4. The minimum absolute atomic E-state index is 0.229. The van der Waals surface area contributed by atoms with E-state index in [4.69, 9.17) is 10.5 Å². The Kier molecular flexibility index (Phi) is 4.01. The van der Waals surface area contributed by atoms with Gasteiger partial charge in [-0.1, -0.05) is 10.3 Å². The molecular weight excluding hydrogens is 270 g/mol. The lowest BCUT2D eigenvalue weighted by Crippen LogP contribution is -2.42. The summed E-state index contributed by atoms with van der Waals surface area (Å²) in [6.45, 7) is 4.02. The van der Waals surface area contributed by atoms with Gasteiger partial charge in [0, 0.05) is 25.2 Å². The summed E-state index contributed by atoms with van der Waals surface area (Å²) in [5, 5.41) is 7.52. The van der Waals surface area contributed by atoms with Crippen molar-refractivity contribution in [1.29, 1.82) is 0 Å². The molecule has 21 heavy (non-hydrogen) atoms. The van der Waals surface area contributed by atoms with Gasteiger partial charge in [0.25, 0.3) is 0 Å². The second-order valence-electron chi connectivity index (χ2n) is 5.31. The Morgan fingerprint density at radius 1 is 1.43 bits per heavy atom. The van der Waals surface area contributed by atoms with E-state index in [1.54, 1.807) is 6.20 Å². The van der Waals surface area contributed by atoms with Crippen molar-refractivity contribution in [3.8, 4) is 5.75 Å². The lowest BCUT2D eigenvalue weighted by molar-refractivity contribution is 0.269. The minimum atomic E-state index is 0.229. The molecule has 112 valence electrons. The Morgan fingerprint density at radius 2 is 2.33 bits per heavy atom. The third-order valence-electron chi connectivity index (χ3n) is 3.64. The zero-order valence-corrected chi connectivity index (χ0v) is 12.0. The average Bonchev–Trinajstić information content (AvgIpc) is 2.91. The van der Waals surface area contributed by atoms with Gasteiger partial charge in [-0.3, -0.25) is 4.98 Å². The van der Waals surface area contributed by atoms with E-state index < -0.39 is 0 Å². The van der Waals surface area contributed by atoms with Gasteiger partial charge in [-0.15, -0.1) is 0 Å². The molecular formula is C14H19N5O2. The van der Waals surface area contributed by atoms with Crippen LogP contribution in [0.25, 0.3) is 0 Å². The smallest absolute Gasteiger partial charge is 0.145 e. The number of piperidine rings is 1. The van der Waals surface area contributed by atoms with Crippen LogP contribution < -0.4 is 15.4 Å². The molecule has 1 fully saturated rings. The van der Waals surface area contributed by atoms with Crippen molar-refractivity contribution >= 4 is 5.69 Å². The standard InChI is InChI=1S/C14H19N5O2/c1-10-14(18-21-17-10)9-20-13-5-12(6-16-7-13)19-4-2-3-11(15)8-19/h5-7,11H,2-4,8-9,15H2,1H3. The second kappa shape index (κ2) is 6.09. The number of aromatic nitrogens is 3. The molecule has 1 aliphatic rings. The first kappa shape index (κ1) is 13.8. The highest BCUT2D eigenvalue weighted by molar-refractivity contribution is 5.48. The van der Waals surface area contributed by atoms with Gasteiger partial charge in [0.2, 0.25) is 0 Å². The third kappa shape index (κ3) is 3.30. The maximum atomic E-state index is 6.02. The fourth-order valence-electron chi connectivity index (χ4n) is 2.44. The van der Waals surface area contributed by atoms with Crippen molar-refractivity contribution in [3.05, 3.63) is 29.8 Å². The van der Waals surface area contributed by atoms with Crippen LogP contribution in [-0.2, 0) is 6.61 Å². The van der Waals surface area contributed by atoms with Crippen LogP contribution >= 0.6 is 0 Å². The van der Waals surface area contributed by atoms with Gasteiger partial charge in [-0.05, 0) is 19.8 Å². The number of nitrogens with zero attached hydrogens (tertiary/aromatic N) is 4. The monoisotopic (exact) mass is 289 g/mol. The zero-order chi connectivity index (χ0) is 14.7. The average molecular weight is 289 g/mol. The number of hydrogen-bond donors (Lipinski definition) is 1. The Bertz CT molecular complexity index is 601. The molecule has 3 heterocycles. The van der Waals surface area contributed by atoms with E-state index in [9.17, 15) is 0 Å². The van der Waals surface area contributed by atoms with Crippen molar-refractivity contribution in [2.45, 2.75) is 32.4 Å². The predicted molar refractivity (Wildman–Crippen MR) is 77.0 cm³/mol. The lowest BCUT2D eigenvalue weighted by Gasteiger charge is -2.32. The molecule has 3 rings (SSSR count). The van der Waals surface area contributed by atoms with Gasteiger partial charge in [-0.25, -0.2) is 4.63 Å². The predicted octanol–water partition coefficient (Wildman–Crippen LogP) is 1.28. The van der Waals surface area contributed by atoms with Gasteiger partial charge in [0.05, 0.1) is 18.1 Å². The Morgan fingerprint density at radius 3 is 3.10 bits per heavy atom. The first-order chi connectivity index (χ1) is 10.2. The van der Waals surface area contributed by atoms with E-state index in [0.29, 0.717) is 18.1 Å². The van der Waals surface area contributed by atoms with E-state index in [1.165, 1.54) is 0 Å². The van der Waals surface area contributed by atoms with Crippen molar-refractivity contribution in [3.63, 3.8) is 0 Å². The first-order valence-corrected chi connectivity index (χ1v) is 7.09. The molecule has 0 radical (unpaired) electrons. The van der Waals surface area contributed by atoms with Crippen LogP contribution in [0, 0.1) is 6.92 Å². The molecule has 2 aromatic heterocycles. The van der Waals surface area contributed by atoms with Crippen molar-refractivity contribution in [1.82, 2.24) is 15.3 Å². The van der Waals surface area contributed by atoms with Crippen LogP contribution in [-0.4, -0.2) is 34.4 Å². The third-order valence-corrected chi connectivity index (χ3v) is 3.64. The number of pyridine rings is 1. The molecule has 0 bridgehead atoms. The number of ether oxygens (including phenoxy) is 1. The van der Waals surface area contributed by atoms with Crippen LogP contribution in [0.2, 0.25) is 0 Å². The van der Waals surface area contributed by atoms with E-state index in [0.717, 1.165) is 37.3 Å². The summed E-state index contributed by atoms with van der Waals surface area (Å²) in [5.74, 6) is 0.703. The number of rotatable bonds is 4. The fourth-order valence-corrected chi connectivity index (χ4v) is 2.44. The summed E-state index contributed by atoms with van der Waals surface area (Å²) in [4.78, 5) is 6.49. The molecule has 1 atom stereocenters. The maximum Gasteiger partial charge on any atom is 0.145 e. The summed E-state index contributed by atoms with van der Waals surface area (Å²) in [6, 6.07) is 2.21. The summed E-state index contributed by atoms with van der Waals surface area (Å²) >= 11 is 0. The van der Waals surface area contributed by atoms with E-state index in [2.05, 4.69) is 24.8 Å². The van der Waals surface area contributed by atoms with Gasteiger partial charge in [-0.2, -0.15) is 0 Å². The molecule has 0 amide bonds. The highest BCUT2D eigenvalue weighted by Crippen LogP contribution is 2.23. The normalized spacial score (nSPS) is 18.8. The fraction of sp³-hybridized carbons (Fsp3) is 0.500. The minimum Gasteiger partial charge on any atom is -0.485 e. The molecule has 1 aliphatic heterocycles. The van der Waals surface area contributed by atoms with Gasteiger partial charge < -0.3 is 15.4 Å². The van der Waals surface area contributed by atoms with Crippen LogP contribution in [0.5, 0.6) is 5.75 Å². The van der Waals surface area contributed by atoms with E-state index in [1.807, 2.05) is 19.2 Å². The van der Waals surface area contributed by atoms with Crippen LogP contribution in [0.4, 0.5) is 5.69 Å². The topological polar surface area (TPSA) is 90.3 Å². The Hall–Kier alpha value is -2.15. The zero-order valence-electron chi connectivity index (χ0n) is 12.0. The van der Waals surface area contributed by atoms with Crippen LogP contribution in [0.3, 0.4) is 0 Å². The van der Waals surface area contributed by atoms with E-state index >= 15 is 0 Å². The van der Waals surface area contributed by atoms with Crippen molar-refractivity contribution in [2.24, 2.45) is 5.73 Å². The molecule has 1 saturated heterocycles. The van der Waals surface area contributed by atoms with Gasteiger partial charge >= 0.3 is 0 Å². The first-order valence-electron chi connectivity index (χ1n) is 7.09. The summed E-state index contributed by atoms with van der Waals surface area (Å²) in [6.07, 6.45) is 5.72. The number of nitrogens with two attached hydrogens (primary N) is 1. The molecule has 7 nitrogen and oxygen atoms in total.